The summed E-state index contributed by atoms with van der Waals surface area (Å²) >= 11 is 3.56. The van der Waals surface area contributed by atoms with E-state index in [9.17, 15) is 24.0 Å². The maximum absolute atomic E-state index is 12.8. The molecule has 0 spiro atoms. The smallest absolute Gasteiger partial charge is 0.345 e. The van der Waals surface area contributed by atoms with Crippen molar-refractivity contribution in [2.45, 2.75) is 0 Å². The third kappa shape index (κ3) is 8.27. The molecular weight excluding hydrogens is 941 g/mol. The lowest BCUT2D eigenvalue weighted by Crippen LogP contribution is -2.40. The van der Waals surface area contributed by atoms with Crippen LogP contribution in [0.4, 0.5) is 0 Å². The quantitative estimate of drug-likeness (QED) is 0.202. The van der Waals surface area contributed by atoms with E-state index in [1.165, 1.54) is 44.0 Å². The van der Waals surface area contributed by atoms with Gasteiger partial charge in [-0.25, -0.2) is 34.7 Å². The minimum absolute atomic E-state index is 0.00131. The highest BCUT2D eigenvalue weighted by Crippen LogP contribution is 2.46. The predicted molar refractivity (Wildman–Crippen MR) is 250 cm³/mol. The van der Waals surface area contributed by atoms with E-state index in [0.29, 0.717) is 118 Å². The number of aromatic carboxylic acids is 1. The minimum Gasteiger partial charge on any atom is -0.494 e. The Kier molecular flexibility index (Phi) is 13.1. The molecule has 2 aromatic carbocycles. The van der Waals surface area contributed by atoms with Gasteiger partial charge < -0.3 is 43.3 Å². The minimum atomic E-state index is -0.986. The Balaban J connectivity index is 0.000000128. The molecule has 2 fully saturated rings. The molecule has 0 radical (unpaired) electrons. The van der Waals surface area contributed by atoms with Crippen LogP contribution in [0.1, 0.15) is 60.4 Å². The van der Waals surface area contributed by atoms with Crippen molar-refractivity contribution in [2.24, 2.45) is 0 Å². The molecule has 0 unspecified atom stereocenters. The molecule has 2 aliphatic heterocycles. The molecule has 1 N–H and O–H groups in total. The Morgan fingerprint density at radius 2 is 0.912 bits per heavy atom. The fourth-order valence-corrected chi connectivity index (χ4v) is 11.1. The van der Waals surface area contributed by atoms with Crippen LogP contribution in [0.25, 0.3) is 42.2 Å². The van der Waals surface area contributed by atoms with Gasteiger partial charge in [-0.3, -0.25) is 19.2 Å². The summed E-state index contributed by atoms with van der Waals surface area (Å²) in [6.45, 7) is 4.35. The molecule has 11 rings (SSSR count). The second kappa shape index (κ2) is 19.5. The lowest BCUT2D eigenvalue weighted by Gasteiger charge is -2.26. The van der Waals surface area contributed by atoms with Gasteiger partial charge in [-0.15, -0.1) is 34.0 Å². The van der Waals surface area contributed by atoms with E-state index in [4.69, 9.17) is 33.5 Å². The van der Waals surface area contributed by atoms with Crippen molar-refractivity contribution in [3.8, 4) is 23.0 Å². The van der Waals surface area contributed by atoms with Crippen LogP contribution in [0, 0.1) is 0 Å². The number of nitrogens with zero attached hydrogens (tertiary/aromatic N) is 8. The molecule has 6 aromatic heterocycles. The summed E-state index contributed by atoms with van der Waals surface area (Å²) < 4.78 is 34.0. The molecule has 8 heterocycles. The van der Waals surface area contributed by atoms with Crippen LogP contribution in [0.5, 0.6) is 23.0 Å². The van der Waals surface area contributed by atoms with E-state index < -0.39 is 5.97 Å². The summed E-state index contributed by atoms with van der Waals surface area (Å²) in [5, 5.41) is 10.6. The van der Waals surface area contributed by atoms with Gasteiger partial charge in [0.15, 0.2) is 23.0 Å². The number of morpholine rings is 2. The average Bonchev–Trinajstić information content (AvgIpc) is 4.16. The fraction of sp³-hybridized carbons (Fsp3) is 0.267. The van der Waals surface area contributed by atoms with Gasteiger partial charge in [0.25, 0.3) is 11.8 Å². The first kappa shape index (κ1) is 45.8. The van der Waals surface area contributed by atoms with E-state index in [1.807, 2.05) is 11.0 Å². The molecule has 2 amide bonds. The lowest BCUT2D eigenvalue weighted by molar-refractivity contribution is 0.0304. The highest BCUT2D eigenvalue weighted by Gasteiger charge is 2.36. The third-order valence-electron chi connectivity index (χ3n) is 11.0. The van der Waals surface area contributed by atoms with E-state index >= 15 is 0 Å². The predicted octanol–water partition coefficient (Wildman–Crippen LogP) is 5.68. The number of methoxy groups -OCH3 is 4. The largest absolute Gasteiger partial charge is 0.494 e. The Bertz CT molecular complexity index is 3130. The second-order valence-electron chi connectivity index (χ2n) is 14.7. The number of hydrogen-bond donors (Lipinski definition) is 1. The monoisotopic (exact) mass is 978 g/mol. The molecule has 3 aliphatic rings. The average molecular weight is 979 g/mol. The van der Waals surface area contributed by atoms with Gasteiger partial charge in [0.05, 0.1) is 78.9 Å². The van der Waals surface area contributed by atoms with Gasteiger partial charge in [0, 0.05) is 79.7 Å². The van der Waals surface area contributed by atoms with Crippen LogP contribution in [0.15, 0.2) is 55.4 Å². The number of carbonyl (C=O) groups is 5. The summed E-state index contributed by atoms with van der Waals surface area (Å²) in [7, 11) is 6.23. The second-order valence-corrected chi connectivity index (χ2v) is 17.9. The number of ether oxygens (including phenoxy) is 6. The van der Waals surface area contributed by atoms with Crippen LogP contribution in [0.2, 0.25) is 0 Å². The summed E-state index contributed by atoms with van der Waals surface area (Å²) in [4.78, 5) is 91.6. The van der Waals surface area contributed by atoms with E-state index in [0.717, 1.165) is 32.8 Å². The van der Waals surface area contributed by atoms with E-state index in [2.05, 4.69) is 29.9 Å². The van der Waals surface area contributed by atoms with Gasteiger partial charge in [0.1, 0.15) is 38.3 Å². The number of ketones is 2. The third-order valence-corrected chi connectivity index (χ3v) is 14.3. The molecule has 20 nitrogen and oxygen atoms in total. The van der Waals surface area contributed by atoms with Gasteiger partial charge in [-0.2, -0.15) is 0 Å². The number of carbonyl (C=O) groups excluding carboxylic acids is 4. The number of thiophene rings is 3. The number of hydrogen-bond acceptors (Lipinski definition) is 20. The first-order chi connectivity index (χ1) is 33.1. The molecule has 1 aliphatic carbocycles. The number of benzene rings is 2. The molecule has 0 atom stereocenters. The Morgan fingerprint density at radius 3 is 1.35 bits per heavy atom. The zero-order valence-corrected chi connectivity index (χ0v) is 39.0. The molecule has 0 saturated carbocycles. The van der Waals surface area contributed by atoms with Crippen molar-refractivity contribution in [3.05, 3.63) is 91.8 Å². The Labute approximate surface area is 397 Å². The fourth-order valence-electron chi connectivity index (χ4n) is 7.85. The molecule has 8 aromatic rings. The lowest BCUT2D eigenvalue weighted by atomic mass is 9.96. The Hall–Kier alpha value is -7.31. The number of carboxylic acid groups (broad SMARTS) is 1. The standard InChI is InChI=1S/C17H17N3O4S.C15H11N3O4S.C13H10N2O4S/c1-22-14-10-9-11(17(21)20-5-7-24-8-6-20)25-16(10)15(23-2)13-12(14)18-3-4-19-13;19-12-8-7-9(15(21)18-3-5-22-6-4-18)23-14(8)13(20)11-10(12)16-1-2-17-11;1-18-10-6-5-7(13(16)17)20-12(6)11(19-2)9-8(10)14-3-4-15-9/h3-4,9H,5-8H2,1-2H3;1-2,7H,3-6H2;3-5H,1-2H3,(H,16,17). The number of carboxylic acids is 1. The summed E-state index contributed by atoms with van der Waals surface area (Å²) in [5.41, 5.74) is 2.70. The highest BCUT2D eigenvalue weighted by atomic mass is 32.1. The van der Waals surface area contributed by atoms with Crippen LogP contribution < -0.4 is 18.9 Å². The number of rotatable bonds is 7. The topological polar surface area (TPSA) is 245 Å². The molecule has 68 heavy (non-hydrogen) atoms. The normalized spacial score (nSPS) is 14.4. The Morgan fingerprint density at radius 1 is 0.529 bits per heavy atom. The SMILES string of the molecule is COc1c2cc(C(=O)N3CCOCC3)sc2c(OC)c2nccnc12.COc1c2cc(C(=O)O)sc2c(OC)c2nccnc12.O=C1c2cc(C(=O)N3CCOCC3)sc2C(=O)c2nccnc21. The first-order valence-electron chi connectivity index (χ1n) is 20.7. The number of aromatic nitrogens is 6. The highest BCUT2D eigenvalue weighted by molar-refractivity contribution is 7.21. The van der Waals surface area contributed by atoms with Crippen LogP contribution >= 0.6 is 34.0 Å². The number of fused-ring (bicyclic) bond motifs is 6. The zero-order valence-electron chi connectivity index (χ0n) is 36.6. The van der Waals surface area contributed by atoms with Crippen molar-refractivity contribution >= 4 is 106 Å². The first-order valence-corrected chi connectivity index (χ1v) is 23.1. The maximum Gasteiger partial charge on any atom is 0.345 e. The van der Waals surface area contributed by atoms with Gasteiger partial charge in [0.2, 0.25) is 11.6 Å². The number of amides is 2. The van der Waals surface area contributed by atoms with Crippen molar-refractivity contribution < 1.29 is 57.5 Å². The summed E-state index contributed by atoms with van der Waals surface area (Å²) in [6.07, 6.45) is 9.10. The van der Waals surface area contributed by atoms with Crippen molar-refractivity contribution in [3.63, 3.8) is 0 Å². The molecule has 0 bridgehead atoms. The zero-order chi connectivity index (χ0) is 47.6. The summed E-state index contributed by atoms with van der Waals surface area (Å²) in [6, 6.07) is 4.92. The van der Waals surface area contributed by atoms with Crippen molar-refractivity contribution in [1.29, 1.82) is 0 Å². The van der Waals surface area contributed by atoms with Gasteiger partial charge in [-0.1, -0.05) is 0 Å². The van der Waals surface area contributed by atoms with E-state index in [-0.39, 0.29) is 50.1 Å². The summed E-state index contributed by atoms with van der Waals surface area (Å²) in [5.74, 6) is 0.362. The van der Waals surface area contributed by atoms with Crippen LogP contribution in [0.3, 0.4) is 0 Å². The molecule has 2 saturated heterocycles. The van der Waals surface area contributed by atoms with Crippen LogP contribution in [-0.4, -0.2) is 155 Å². The maximum atomic E-state index is 12.8. The molecule has 348 valence electrons. The van der Waals surface area contributed by atoms with Gasteiger partial charge in [-0.05, 0) is 18.2 Å². The van der Waals surface area contributed by atoms with Crippen molar-refractivity contribution in [2.75, 3.05) is 81.0 Å². The van der Waals surface area contributed by atoms with Gasteiger partial charge >= 0.3 is 5.97 Å². The van der Waals surface area contributed by atoms with Crippen LogP contribution in [-0.2, 0) is 9.47 Å². The van der Waals surface area contributed by atoms with Crippen molar-refractivity contribution in [1.82, 2.24) is 39.7 Å². The van der Waals surface area contributed by atoms with E-state index in [1.54, 1.807) is 50.0 Å². The molecule has 23 heteroatoms. The molecular formula is C45H38N8O12S3.